The van der Waals surface area contributed by atoms with Gasteiger partial charge in [0.25, 0.3) is 0 Å². The van der Waals surface area contributed by atoms with Gasteiger partial charge in [0.1, 0.15) is 0 Å². The highest BCUT2D eigenvalue weighted by Crippen LogP contribution is 2.15. The highest BCUT2D eigenvalue weighted by atomic mass is 16.4. The zero-order valence-corrected chi connectivity index (χ0v) is 24.6. The zero-order valence-electron chi connectivity index (χ0n) is 24.6. The van der Waals surface area contributed by atoms with Crippen LogP contribution in [0.2, 0.25) is 0 Å². The summed E-state index contributed by atoms with van der Waals surface area (Å²) >= 11 is 0. The Balaban J connectivity index is 0. The average molecular weight is 514 g/mol. The van der Waals surface area contributed by atoms with E-state index in [0.717, 1.165) is 6.42 Å². The zero-order chi connectivity index (χ0) is 26.8. The maximum absolute atomic E-state index is 9.70. The minimum absolute atomic E-state index is 0.191. The number of hydrogen-bond acceptors (Lipinski definition) is 3. The molecular formula is C32H67NO3. The number of rotatable bonds is 29. The Bertz CT molecular complexity index is 364. The summed E-state index contributed by atoms with van der Waals surface area (Å²) in [5.74, 6) is -0.773. The van der Waals surface area contributed by atoms with Crippen LogP contribution in [0.3, 0.4) is 0 Å². The van der Waals surface area contributed by atoms with Crippen molar-refractivity contribution in [3.05, 3.63) is 0 Å². The number of aliphatic carboxylic acids is 1. The molecular weight excluding hydrogens is 446 g/mol. The van der Waals surface area contributed by atoms with Crippen molar-refractivity contribution in [1.82, 2.24) is 0 Å². The van der Waals surface area contributed by atoms with Gasteiger partial charge in [-0.2, -0.15) is 0 Å². The molecule has 0 rings (SSSR count). The van der Waals surface area contributed by atoms with Crippen LogP contribution in [0.15, 0.2) is 0 Å². The summed E-state index contributed by atoms with van der Waals surface area (Å²) < 4.78 is 0. The number of hydrogen-bond donors (Lipinski definition) is 3. The molecule has 0 fully saturated rings. The van der Waals surface area contributed by atoms with E-state index in [1.807, 2.05) is 0 Å². The lowest BCUT2D eigenvalue weighted by atomic mass is 10.0. The number of carbonyl (C=O) groups is 1. The fraction of sp³-hybridized carbons (Fsp3) is 0.969. The van der Waals surface area contributed by atoms with Gasteiger partial charge in [0.15, 0.2) is 0 Å². The van der Waals surface area contributed by atoms with Gasteiger partial charge in [-0.3, -0.25) is 4.79 Å². The maximum Gasteiger partial charge on any atom is 0.303 e. The molecule has 0 aliphatic rings. The van der Waals surface area contributed by atoms with Gasteiger partial charge < -0.3 is 15.9 Å². The topological polar surface area (TPSA) is 83.5 Å². The Hall–Kier alpha value is -0.610. The largest absolute Gasteiger partial charge is 0.481 e. The van der Waals surface area contributed by atoms with Gasteiger partial charge in [0, 0.05) is 13.0 Å². The van der Waals surface area contributed by atoms with Crippen molar-refractivity contribution in [2.75, 3.05) is 13.2 Å². The van der Waals surface area contributed by atoms with E-state index in [9.17, 15) is 4.79 Å². The molecule has 0 amide bonds. The van der Waals surface area contributed by atoms with E-state index in [0.29, 0.717) is 19.6 Å². The normalized spacial score (nSPS) is 10.9. The standard InChI is InChI=1S/C28H58O.C4H9NO2/c1-2-3-4-5-6-7-8-9-10-11-12-13-14-15-16-17-18-19-20-21-22-23-24-25-26-27-28-29;5-3-1-2-4(6)7/h29H,2-28H2,1H3;1-3,5H2,(H,6,7). The third kappa shape index (κ3) is 40.6. The Kier molecular flexibility index (Phi) is 38.1. The summed E-state index contributed by atoms with van der Waals surface area (Å²) in [5.41, 5.74) is 5.01. The minimum atomic E-state index is -0.773. The summed E-state index contributed by atoms with van der Waals surface area (Å²) in [7, 11) is 0. The van der Waals surface area contributed by atoms with Crippen LogP contribution in [0.5, 0.6) is 0 Å². The van der Waals surface area contributed by atoms with Gasteiger partial charge in [-0.1, -0.05) is 167 Å². The number of aliphatic hydroxyl groups excluding tert-OH is 1. The van der Waals surface area contributed by atoms with Gasteiger partial charge in [-0.15, -0.1) is 0 Å². The van der Waals surface area contributed by atoms with E-state index >= 15 is 0 Å². The first-order valence-corrected chi connectivity index (χ1v) is 16.2. The number of nitrogens with two attached hydrogens (primary N) is 1. The molecule has 0 aromatic carbocycles. The quantitative estimate of drug-likeness (QED) is 0.0869. The molecule has 36 heavy (non-hydrogen) atoms. The Morgan fingerprint density at radius 2 is 0.722 bits per heavy atom. The van der Waals surface area contributed by atoms with Gasteiger partial charge in [0.2, 0.25) is 0 Å². The molecule has 0 aromatic heterocycles. The molecule has 0 aliphatic carbocycles. The fourth-order valence-corrected chi connectivity index (χ4v) is 4.68. The Morgan fingerprint density at radius 1 is 0.472 bits per heavy atom. The van der Waals surface area contributed by atoms with Crippen molar-refractivity contribution in [1.29, 1.82) is 0 Å². The van der Waals surface area contributed by atoms with Crippen LogP contribution in [0, 0.1) is 0 Å². The summed E-state index contributed by atoms with van der Waals surface area (Å²) in [6, 6.07) is 0. The number of aliphatic hydroxyl groups is 1. The molecule has 0 aliphatic heterocycles. The molecule has 4 N–H and O–H groups in total. The van der Waals surface area contributed by atoms with Crippen LogP contribution in [0.1, 0.15) is 187 Å². The van der Waals surface area contributed by atoms with E-state index in [4.69, 9.17) is 15.9 Å². The highest BCUT2D eigenvalue weighted by molar-refractivity contribution is 5.66. The summed E-state index contributed by atoms with van der Waals surface area (Å²) in [5, 5.41) is 16.7. The van der Waals surface area contributed by atoms with Gasteiger partial charge in [0.05, 0.1) is 0 Å². The lowest BCUT2D eigenvalue weighted by Crippen LogP contribution is -2.02. The molecule has 0 atom stereocenters. The van der Waals surface area contributed by atoms with Crippen molar-refractivity contribution in [3.8, 4) is 0 Å². The van der Waals surface area contributed by atoms with Crippen molar-refractivity contribution >= 4 is 5.97 Å². The highest BCUT2D eigenvalue weighted by Gasteiger charge is 1.96. The van der Waals surface area contributed by atoms with Crippen LogP contribution in [0.4, 0.5) is 0 Å². The second kappa shape index (κ2) is 36.5. The monoisotopic (exact) mass is 514 g/mol. The molecule has 0 bridgehead atoms. The SMILES string of the molecule is CCCCCCCCCCCCCCCCCCCCCCCCCCCCO.NCCCC(=O)O. The van der Waals surface area contributed by atoms with E-state index in [-0.39, 0.29) is 6.42 Å². The predicted molar refractivity (Wildman–Crippen MR) is 159 cm³/mol. The van der Waals surface area contributed by atoms with Crippen LogP contribution in [-0.4, -0.2) is 29.3 Å². The molecule has 0 heterocycles. The molecule has 0 aromatic rings. The lowest BCUT2D eigenvalue weighted by Gasteiger charge is -2.04. The van der Waals surface area contributed by atoms with Crippen molar-refractivity contribution in [2.45, 2.75) is 187 Å². The summed E-state index contributed by atoms with van der Waals surface area (Å²) in [4.78, 5) is 9.70. The smallest absolute Gasteiger partial charge is 0.303 e. The van der Waals surface area contributed by atoms with E-state index in [1.165, 1.54) is 161 Å². The molecule has 0 saturated carbocycles. The number of carboxylic acid groups (broad SMARTS) is 1. The second-order valence-electron chi connectivity index (χ2n) is 10.8. The van der Waals surface area contributed by atoms with Gasteiger partial charge in [-0.05, 0) is 19.4 Å². The van der Waals surface area contributed by atoms with Gasteiger partial charge >= 0.3 is 5.97 Å². The number of unbranched alkanes of at least 4 members (excludes halogenated alkanes) is 25. The molecule has 0 radical (unpaired) electrons. The first-order chi connectivity index (χ1) is 17.7. The molecule has 218 valence electrons. The molecule has 0 spiro atoms. The Labute approximate surface area is 226 Å². The van der Waals surface area contributed by atoms with Crippen molar-refractivity contribution in [3.63, 3.8) is 0 Å². The lowest BCUT2D eigenvalue weighted by molar-refractivity contribution is -0.137. The van der Waals surface area contributed by atoms with E-state index < -0.39 is 5.97 Å². The van der Waals surface area contributed by atoms with Crippen LogP contribution in [0.25, 0.3) is 0 Å². The summed E-state index contributed by atoms with van der Waals surface area (Å²) in [6.07, 6.45) is 37.8. The van der Waals surface area contributed by atoms with Crippen LogP contribution >= 0.6 is 0 Å². The minimum Gasteiger partial charge on any atom is -0.481 e. The summed E-state index contributed by atoms with van der Waals surface area (Å²) in [6.45, 7) is 3.14. The first-order valence-electron chi connectivity index (χ1n) is 16.2. The molecule has 4 nitrogen and oxygen atoms in total. The van der Waals surface area contributed by atoms with Crippen LogP contribution < -0.4 is 5.73 Å². The van der Waals surface area contributed by atoms with Gasteiger partial charge in [-0.25, -0.2) is 0 Å². The number of carboxylic acids is 1. The molecule has 0 saturated heterocycles. The molecule has 4 heteroatoms. The van der Waals surface area contributed by atoms with E-state index in [1.54, 1.807) is 0 Å². The third-order valence-electron chi connectivity index (χ3n) is 7.11. The molecule has 0 unspecified atom stereocenters. The van der Waals surface area contributed by atoms with Crippen molar-refractivity contribution < 1.29 is 15.0 Å². The predicted octanol–water partition coefficient (Wildman–Crippen LogP) is 9.95. The van der Waals surface area contributed by atoms with Crippen LogP contribution in [-0.2, 0) is 4.79 Å². The third-order valence-corrected chi connectivity index (χ3v) is 7.11. The average Bonchev–Trinajstić information content (AvgIpc) is 2.88. The van der Waals surface area contributed by atoms with E-state index in [2.05, 4.69) is 6.92 Å². The maximum atomic E-state index is 9.70. The van der Waals surface area contributed by atoms with Crippen molar-refractivity contribution in [2.24, 2.45) is 5.73 Å². The second-order valence-corrected chi connectivity index (χ2v) is 10.8. The fourth-order valence-electron chi connectivity index (χ4n) is 4.68. The Morgan fingerprint density at radius 3 is 0.889 bits per heavy atom. The first kappa shape index (κ1) is 37.5.